The predicted octanol–water partition coefficient (Wildman–Crippen LogP) is 0.0185. The Labute approximate surface area is 76.5 Å². The van der Waals surface area contributed by atoms with Crippen LogP contribution in [0.3, 0.4) is 0 Å². The van der Waals surface area contributed by atoms with Gasteiger partial charge in [0.2, 0.25) is 0 Å². The third-order valence-corrected chi connectivity index (χ3v) is 1.69. The molecule has 0 aliphatic carbocycles. The van der Waals surface area contributed by atoms with Crippen molar-refractivity contribution < 1.29 is 9.53 Å². The first-order valence-corrected chi connectivity index (χ1v) is 4.09. The summed E-state index contributed by atoms with van der Waals surface area (Å²) in [5, 5.41) is 3.98. The van der Waals surface area contributed by atoms with Crippen LogP contribution in [-0.4, -0.2) is 29.4 Å². The van der Waals surface area contributed by atoms with Crippen LogP contribution in [0.15, 0.2) is 12.3 Å². The van der Waals surface area contributed by atoms with Gasteiger partial charge in [0, 0.05) is 12.7 Å². The molecule has 0 amide bonds. The molecule has 0 bridgehead atoms. The first-order valence-electron chi connectivity index (χ1n) is 4.09. The third kappa shape index (κ3) is 2.29. The van der Waals surface area contributed by atoms with Gasteiger partial charge in [-0.25, -0.2) is 4.79 Å². The van der Waals surface area contributed by atoms with E-state index in [-0.39, 0.29) is 5.97 Å². The minimum Gasteiger partial charge on any atom is -0.464 e. The van der Waals surface area contributed by atoms with Gasteiger partial charge in [0.1, 0.15) is 5.69 Å². The van der Waals surface area contributed by atoms with E-state index in [1.165, 1.54) is 7.11 Å². The van der Waals surface area contributed by atoms with E-state index in [1.54, 1.807) is 16.9 Å². The monoisotopic (exact) mass is 183 g/mol. The molecule has 5 nitrogen and oxygen atoms in total. The molecule has 0 aromatic carbocycles. The van der Waals surface area contributed by atoms with Gasteiger partial charge in [0.05, 0.1) is 7.11 Å². The van der Waals surface area contributed by atoms with E-state index in [0.717, 1.165) is 6.42 Å². The quantitative estimate of drug-likeness (QED) is 0.668. The van der Waals surface area contributed by atoms with Crippen LogP contribution in [0.5, 0.6) is 0 Å². The molecule has 2 N–H and O–H groups in total. The maximum atomic E-state index is 11.1. The highest BCUT2D eigenvalue weighted by molar-refractivity contribution is 5.87. The Morgan fingerprint density at radius 2 is 2.54 bits per heavy atom. The number of esters is 1. The second-order valence-electron chi connectivity index (χ2n) is 2.57. The Morgan fingerprint density at radius 3 is 3.15 bits per heavy atom. The highest BCUT2D eigenvalue weighted by atomic mass is 16.5. The van der Waals surface area contributed by atoms with Crippen molar-refractivity contribution in [3.63, 3.8) is 0 Å². The number of nitrogens with two attached hydrogens (primary N) is 1. The summed E-state index contributed by atoms with van der Waals surface area (Å²) in [7, 11) is 1.35. The first-order chi connectivity index (χ1) is 6.29. The molecule has 0 unspecified atom stereocenters. The maximum absolute atomic E-state index is 11.1. The van der Waals surface area contributed by atoms with E-state index in [1.807, 2.05) is 0 Å². The van der Waals surface area contributed by atoms with Gasteiger partial charge in [0.25, 0.3) is 0 Å². The standard InChI is InChI=1S/C8H13N3O2/c1-13-8(12)7-3-5-10-11(7)6-2-4-9/h3,5H,2,4,6,9H2,1H3. The SMILES string of the molecule is COC(=O)c1ccnn1CCCN. The van der Waals surface area contributed by atoms with Gasteiger partial charge >= 0.3 is 5.97 Å². The van der Waals surface area contributed by atoms with Crippen molar-refractivity contribution in [2.45, 2.75) is 13.0 Å². The molecule has 0 atom stereocenters. The van der Waals surface area contributed by atoms with Gasteiger partial charge in [-0.1, -0.05) is 0 Å². The molecule has 5 heteroatoms. The second-order valence-corrected chi connectivity index (χ2v) is 2.57. The summed E-state index contributed by atoms with van der Waals surface area (Å²) >= 11 is 0. The molecule has 0 aliphatic rings. The zero-order chi connectivity index (χ0) is 9.68. The summed E-state index contributed by atoms with van der Waals surface area (Å²) in [5.41, 5.74) is 5.81. The summed E-state index contributed by atoms with van der Waals surface area (Å²) in [6.45, 7) is 1.23. The predicted molar refractivity (Wildman–Crippen MR) is 47.2 cm³/mol. The highest BCUT2D eigenvalue weighted by Gasteiger charge is 2.10. The second kappa shape index (κ2) is 4.61. The Morgan fingerprint density at radius 1 is 1.77 bits per heavy atom. The van der Waals surface area contributed by atoms with Gasteiger partial charge in [0.15, 0.2) is 0 Å². The minimum atomic E-state index is -0.366. The van der Waals surface area contributed by atoms with Crippen molar-refractivity contribution >= 4 is 5.97 Å². The van der Waals surface area contributed by atoms with Gasteiger partial charge in [-0.2, -0.15) is 5.10 Å². The number of ether oxygens (including phenoxy) is 1. The molecular formula is C8H13N3O2. The summed E-state index contributed by atoms with van der Waals surface area (Å²) in [5.74, 6) is -0.366. The number of methoxy groups -OCH3 is 1. The van der Waals surface area contributed by atoms with Crippen molar-refractivity contribution in [2.24, 2.45) is 5.73 Å². The summed E-state index contributed by atoms with van der Waals surface area (Å²) in [4.78, 5) is 11.1. The van der Waals surface area contributed by atoms with Crippen LogP contribution >= 0.6 is 0 Å². The van der Waals surface area contributed by atoms with Gasteiger partial charge in [-0.05, 0) is 19.0 Å². The van der Waals surface area contributed by atoms with Crippen LogP contribution in [0.1, 0.15) is 16.9 Å². The van der Waals surface area contributed by atoms with Gasteiger partial charge < -0.3 is 10.5 Å². The molecule has 13 heavy (non-hydrogen) atoms. The molecule has 1 rings (SSSR count). The van der Waals surface area contributed by atoms with E-state index in [2.05, 4.69) is 9.84 Å². The van der Waals surface area contributed by atoms with E-state index in [0.29, 0.717) is 18.8 Å². The lowest BCUT2D eigenvalue weighted by atomic mass is 10.4. The highest BCUT2D eigenvalue weighted by Crippen LogP contribution is 2.01. The summed E-state index contributed by atoms with van der Waals surface area (Å²) < 4.78 is 6.18. The Kier molecular flexibility index (Phi) is 3.45. The molecule has 0 spiro atoms. The Bertz CT molecular complexity index is 283. The van der Waals surface area contributed by atoms with Crippen molar-refractivity contribution in [1.29, 1.82) is 0 Å². The molecule has 0 saturated heterocycles. The number of aryl methyl sites for hydroxylation is 1. The fourth-order valence-corrected chi connectivity index (χ4v) is 1.03. The summed E-state index contributed by atoms with van der Waals surface area (Å²) in [6, 6.07) is 1.63. The van der Waals surface area contributed by atoms with Crippen LogP contribution in [0.25, 0.3) is 0 Å². The first kappa shape index (κ1) is 9.73. The molecule has 0 aliphatic heterocycles. The third-order valence-electron chi connectivity index (χ3n) is 1.69. The number of nitrogens with zero attached hydrogens (tertiary/aromatic N) is 2. The van der Waals surface area contributed by atoms with Crippen LogP contribution in [-0.2, 0) is 11.3 Å². The molecule has 1 aromatic heterocycles. The largest absolute Gasteiger partial charge is 0.464 e. The zero-order valence-corrected chi connectivity index (χ0v) is 7.56. The number of aromatic nitrogens is 2. The topological polar surface area (TPSA) is 70.1 Å². The van der Waals surface area contributed by atoms with Crippen LogP contribution in [0, 0.1) is 0 Å². The van der Waals surface area contributed by atoms with Crippen molar-refractivity contribution in [1.82, 2.24) is 9.78 Å². The fraction of sp³-hybridized carbons (Fsp3) is 0.500. The van der Waals surface area contributed by atoms with Crippen molar-refractivity contribution in [2.75, 3.05) is 13.7 Å². The smallest absolute Gasteiger partial charge is 0.356 e. The normalized spacial score (nSPS) is 10.0. The molecule has 1 heterocycles. The van der Waals surface area contributed by atoms with E-state index >= 15 is 0 Å². The van der Waals surface area contributed by atoms with Crippen molar-refractivity contribution in [3.05, 3.63) is 18.0 Å². The molecule has 72 valence electrons. The molecular weight excluding hydrogens is 170 g/mol. The number of carbonyl (C=O) groups excluding carboxylic acids is 1. The molecule has 0 saturated carbocycles. The Hall–Kier alpha value is -1.36. The lowest BCUT2D eigenvalue weighted by Crippen LogP contribution is -2.14. The fourth-order valence-electron chi connectivity index (χ4n) is 1.03. The summed E-state index contributed by atoms with van der Waals surface area (Å²) in [6.07, 6.45) is 2.37. The lowest BCUT2D eigenvalue weighted by molar-refractivity contribution is 0.0586. The maximum Gasteiger partial charge on any atom is 0.356 e. The molecule has 0 radical (unpaired) electrons. The van der Waals surface area contributed by atoms with Crippen LogP contribution < -0.4 is 5.73 Å². The molecule has 1 aromatic rings. The average Bonchev–Trinajstić information content (AvgIpc) is 2.61. The van der Waals surface area contributed by atoms with Crippen LogP contribution in [0.4, 0.5) is 0 Å². The Balaban J connectivity index is 2.71. The lowest BCUT2D eigenvalue weighted by Gasteiger charge is -2.03. The number of carbonyl (C=O) groups is 1. The van der Waals surface area contributed by atoms with E-state index in [9.17, 15) is 4.79 Å². The minimum absolute atomic E-state index is 0.366. The number of rotatable bonds is 4. The number of hydrogen-bond acceptors (Lipinski definition) is 4. The zero-order valence-electron chi connectivity index (χ0n) is 7.56. The van der Waals surface area contributed by atoms with Gasteiger partial charge in [-0.3, -0.25) is 4.68 Å². The van der Waals surface area contributed by atoms with Gasteiger partial charge in [-0.15, -0.1) is 0 Å². The molecule has 0 fully saturated rings. The van der Waals surface area contributed by atoms with Crippen molar-refractivity contribution in [3.8, 4) is 0 Å². The average molecular weight is 183 g/mol. The number of hydrogen-bond donors (Lipinski definition) is 1. The van der Waals surface area contributed by atoms with E-state index < -0.39 is 0 Å². The van der Waals surface area contributed by atoms with Crippen LogP contribution in [0.2, 0.25) is 0 Å². The van der Waals surface area contributed by atoms with E-state index in [4.69, 9.17) is 5.73 Å².